The van der Waals surface area contributed by atoms with E-state index < -0.39 is 11.5 Å². The van der Waals surface area contributed by atoms with Crippen molar-refractivity contribution in [3.63, 3.8) is 0 Å². The molecule has 0 unspecified atom stereocenters. The van der Waals surface area contributed by atoms with Crippen LogP contribution in [0.15, 0.2) is 64.5 Å². The van der Waals surface area contributed by atoms with Crippen molar-refractivity contribution in [3.8, 4) is 5.75 Å². The molecule has 0 spiro atoms. The minimum atomic E-state index is -0.613. The number of anilines is 3. The van der Waals surface area contributed by atoms with E-state index in [0.717, 1.165) is 11.8 Å². The first kappa shape index (κ1) is 21.9. The SMILES string of the molecule is CCOc1ccc(C(=O)Nc2c(N)nc(SCC(=O)Nc3ccccc3)[nH]c2=O)cc1. The lowest BCUT2D eigenvalue weighted by atomic mass is 10.2. The van der Waals surface area contributed by atoms with Crippen LogP contribution in [-0.4, -0.2) is 34.1 Å². The number of hydrogen-bond acceptors (Lipinski definition) is 7. The van der Waals surface area contributed by atoms with Gasteiger partial charge in [-0.3, -0.25) is 19.4 Å². The van der Waals surface area contributed by atoms with Crippen LogP contribution in [0.2, 0.25) is 0 Å². The molecular weight excluding hydrogens is 418 g/mol. The second-order valence-corrected chi connectivity index (χ2v) is 7.21. The predicted octanol–water partition coefficient (Wildman–Crippen LogP) is 2.73. The molecule has 2 amide bonds. The molecule has 0 saturated carbocycles. The average molecular weight is 439 g/mol. The number of thioether (sulfide) groups is 1. The monoisotopic (exact) mass is 439 g/mol. The van der Waals surface area contributed by atoms with Crippen molar-refractivity contribution >= 4 is 40.8 Å². The second kappa shape index (κ2) is 10.3. The molecule has 0 bridgehead atoms. The van der Waals surface area contributed by atoms with Gasteiger partial charge in [0, 0.05) is 11.3 Å². The number of aromatic amines is 1. The maximum Gasteiger partial charge on any atom is 0.277 e. The molecule has 0 aliphatic heterocycles. The van der Waals surface area contributed by atoms with E-state index >= 15 is 0 Å². The van der Waals surface area contributed by atoms with Crippen molar-refractivity contribution in [2.45, 2.75) is 12.1 Å². The number of H-pyrrole nitrogens is 1. The lowest BCUT2D eigenvalue weighted by Gasteiger charge is -2.09. The summed E-state index contributed by atoms with van der Waals surface area (Å²) >= 11 is 1.02. The van der Waals surface area contributed by atoms with Crippen LogP contribution in [0.25, 0.3) is 0 Å². The summed E-state index contributed by atoms with van der Waals surface area (Å²) < 4.78 is 5.34. The fourth-order valence-corrected chi connectivity index (χ4v) is 3.23. The zero-order valence-electron chi connectivity index (χ0n) is 16.7. The van der Waals surface area contributed by atoms with Crippen LogP contribution in [0.3, 0.4) is 0 Å². The largest absolute Gasteiger partial charge is 0.494 e. The van der Waals surface area contributed by atoms with Gasteiger partial charge in [0.25, 0.3) is 11.5 Å². The number of ether oxygens (including phenoxy) is 1. The number of nitrogen functional groups attached to an aromatic ring is 1. The summed E-state index contributed by atoms with van der Waals surface area (Å²) in [5.74, 6) is -0.255. The van der Waals surface area contributed by atoms with E-state index in [2.05, 4.69) is 20.6 Å². The Morgan fingerprint density at radius 3 is 2.45 bits per heavy atom. The highest BCUT2D eigenvalue weighted by Crippen LogP contribution is 2.18. The van der Waals surface area contributed by atoms with Crippen molar-refractivity contribution in [1.29, 1.82) is 0 Å². The number of nitrogens with zero attached hydrogens (tertiary/aromatic N) is 1. The summed E-state index contributed by atoms with van der Waals surface area (Å²) in [5.41, 5.74) is 6.09. The molecule has 3 rings (SSSR count). The normalized spacial score (nSPS) is 10.4. The smallest absolute Gasteiger partial charge is 0.277 e. The van der Waals surface area contributed by atoms with Crippen molar-refractivity contribution < 1.29 is 14.3 Å². The molecule has 9 nitrogen and oxygen atoms in total. The number of para-hydroxylation sites is 1. The van der Waals surface area contributed by atoms with Crippen LogP contribution in [0.4, 0.5) is 17.2 Å². The van der Waals surface area contributed by atoms with Gasteiger partial charge in [-0.25, -0.2) is 4.98 Å². The quantitative estimate of drug-likeness (QED) is 0.313. The zero-order valence-corrected chi connectivity index (χ0v) is 17.5. The molecule has 10 heteroatoms. The van der Waals surface area contributed by atoms with Crippen LogP contribution in [-0.2, 0) is 4.79 Å². The van der Waals surface area contributed by atoms with E-state index in [1.807, 2.05) is 25.1 Å². The van der Waals surface area contributed by atoms with Gasteiger partial charge in [-0.2, -0.15) is 0 Å². The minimum absolute atomic E-state index is 0.0230. The van der Waals surface area contributed by atoms with Crippen LogP contribution in [0, 0.1) is 0 Å². The Balaban J connectivity index is 1.62. The lowest BCUT2D eigenvalue weighted by Crippen LogP contribution is -2.23. The first-order chi connectivity index (χ1) is 15.0. The fourth-order valence-electron chi connectivity index (χ4n) is 2.57. The minimum Gasteiger partial charge on any atom is -0.494 e. The van der Waals surface area contributed by atoms with Gasteiger partial charge < -0.3 is 21.1 Å². The van der Waals surface area contributed by atoms with E-state index in [1.54, 1.807) is 36.4 Å². The summed E-state index contributed by atoms with van der Waals surface area (Å²) in [4.78, 5) is 43.4. The number of carbonyl (C=O) groups excluding carboxylic acids is 2. The van der Waals surface area contributed by atoms with Crippen molar-refractivity contribution in [1.82, 2.24) is 9.97 Å². The first-order valence-electron chi connectivity index (χ1n) is 9.38. The Morgan fingerprint density at radius 1 is 1.10 bits per heavy atom. The number of nitrogens with one attached hydrogen (secondary N) is 3. The van der Waals surface area contributed by atoms with Gasteiger partial charge in [-0.15, -0.1) is 0 Å². The number of aromatic nitrogens is 2. The van der Waals surface area contributed by atoms with Crippen molar-refractivity contribution in [3.05, 3.63) is 70.5 Å². The number of rotatable bonds is 8. The molecule has 31 heavy (non-hydrogen) atoms. The third-order valence-electron chi connectivity index (χ3n) is 3.99. The number of hydrogen-bond donors (Lipinski definition) is 4. The molecule has 0 saturated heterocycles. The summed E-state index contributed by atoms with van der Waals surface area (Å²) in [6, 6.07) is 15.5. The van der Waals surface area contributed by atoms with Crippen molar-refractivity contribution in [2.24, 2.45) is 0 Å². The van der Waals surface area contributed by atoms with E-state index in [4.69, 9.17) is 10.5 Å². The molecular formula is C21H21N5O4S. The maximum absolute atomic E-state index is 12.4. The molecule has 3 aromatic rings. The van der Waals surface area contributed by atoms with E-state index in [-0.39, 0.29) is 28.3 Å². The molecule has 160 valence electrons. The zero-order chi connectivity index (χ0) is 22.2. The molecule has 0 fully saturated rings. The summed E-state index contributed by atoms with van der Waals surface area (Å²) in [6.45, 7) is 2.38. The summed E-state index contributed by atoms with van der Waals surface area (Å²) in [5, 5.41) is 5.37. The van der Waals surface area contributed by atoms with Crippen molar-refractivity contribution in [2.75, 3.05) is 28.7 Å². The summed E-state index contributed by atoms with van der Waals surface area (Å²) in [6.07, 6.45) is 0. The highest BCUT2D eigenvalue weighted by Gasteiger charge is 2.15. The van der Waals surface area contributed by atoms with Gasteiger partial charge in [0.1, 0.15) is 11.4 Å². The van der Waals surface area contributed by atoms with Crippen LogP contribution < -0.4 is 26.7 Å². The average Bonchev–Trinajstić information content (AvgIpc) is 2.76. The van der Waals surface area contributed by atoms with Gasteiger partial charge >= 0.3 is 0 Å². The van der Waals surface area contributed by atoms with E-state index in [1.165, 1.54) is 0 Å². The summed E-state index contributed by atoms with van der Waals surface area (Å²) in [7, 11) is 0. The van der Waals surface area contributed by atoms with Crippen LogP contribution in [0.5, 0.6) is 5.75 Å². The Kier molecular flexibility index (Phi) is 7.28. The Hall–Kier alpha value is -3.79. The van der Waals surface area contributed by atoms with Crippen LogP contribution in [0.1, 0.15) is 17.3 Å². The standard InChI is InChI=1S/C21H21N5O4S/c1-2-30-15-10-8-13(9-11-15)19(28)24-17-18(22)25-21(26-20(17)29)31-12-16(27)23-14-6-4-3-5-7-14/h3-11H,2,12H2,1H3,(H,23,27)(H,24,28)(H3,22,25,26,29). The number of carbonyl (C=O) groups is 2. The lowest BCUT2D eigenvalue weighted by molar-refractivity contribution is -0.113. The maximum atomic E-state index is 12.4. The topological polar surface area (TPSA) is 139 Å². The van der Waals surface area contributed by atoms with Gasteiger partial charge in [0.05, 0.1) is 12.4 Å². The molecule has 0 aliphatic carbocycles. The van der Waals surface area contributed by atoms with Gasteiger partial charge in [0.2, 0.25) is 5.91 Å². The Labute approximate surface area is 182 Å². The fraction of sp³-hybridized carbons (Fsp3) is 0.143. The molecule has 2 aromatic carbocycles. The molecule has 0 radical (unpaired) electrons. The highest BCUT2D eigenvalue weighted by atomic mass is 32.2. The van der Waals surface area contributed by atoms with Gasteiger partial charge in [0.15, 0.2) is 11.0 Å². The molecule has 0 aliphatic rings. The Bertz CT molecular complexity index is 1120. The highest BCUT2D eigenvalue weighted by molar-refractivity contribution is 7.99. The number of amides is 2. The molecule has 1 aromatic heterocycles. The van der Waals surface area contributed by atoms with E-state index in [9.17, 15) is 14.4 Å². The Morgan fingerprint density at radius 2 is 1.81 bits per heavy atom. The third-order valence-corrected chi connectivity index (χ3v) is 4.86. The first-order valence-corrected chi connectivity index (χ1v) is 10.4. The molecule has 0 atom stereocenters. The third kappa shape index (κ3) is 6.09. The van der Waals surface area contributed by atoms with Crippen LogP contribution >= 0.6 is 11.8 Å². The van der Waals surface area contributed by atoms with Gasteiger partial charge in [-0.1, -0.05) is 30.0 Å². The van der Waals surface area contributed by atoms with E-state index in [0.29, 0.717) is 23.6 Å². The second-order valence-electron chi connectivity index (χ2n) is 6.25. The number of benzene rings is 2. The molecule has 5 N–H and O–H groups in total. The molecule has 1 heterocycles. The number of nitrogens with two attached hydrogens (primary N) is 1. The predicted molar refractivity (Wildman–Crippen MR) is 121 cm³/mol. The van der Waals surface area contributed by atoms with Gasteiger partial charge in [-0.05, 0) is 43.3 Å².